The van der Waals surface area contributed by atoms with Crippen LogP contribution in [0.25, 0.3) is 0 Å². The summed E-state index contributed by atoms with van der Waals surface area (Å²) in [5.74, 6) is -0.191. The summed E-state index contributed by atoms with van der Waals surface area (Å²) in [5, 5.41) is 24.0. The first-order valence-corrected chi connectivity index (χ1v) is 6.13. The van der Waals surface area contributed by atoms with Crippen LogP contribution in [0.2, 0.25) is 0 Å². The van der Waals surface area contributed by atoms with Gasteiger partial charge in [0.15, 0.2) is 0 Å². The van der Waals surface area contributed by atoms with Crippen molar-refractivity contribution in [2.45, 2.75) is 38.5 Å². The minimum absolute atomic E-state index is 0.0507. The summed E-state index contributed by atoms with van der Waals surface area (Å²) < 4.78 is 1.24. The van der Waals surface area contributed by atoms with Crippen molar-refractivity contribution < 1.29 is 14.8 Å². The molecule has 1 fully saturated rings. The average molecular weight is 268 g/mol. The second-order valence-corrected chi connectivity index (χ2v) is 4.69. The number of nitrogens with zero attached hydrogens (tertiary/aromatic N) is 4. The van der Waals surface area contributed by atoms with Crippen LogP contribution in [-0.2, 0) is 11.3 Å². The van der Waals surface area contributed by atoms with E-state index in [1.165, 1.54) is 10.9 Å². The van der Waals surface area contributed by atoms with E-state index < -0.39 is 11.0 Å². The van der Waals surface area contributed by atoms with E-state index in [1.54, 1.807) is 11.8 Å². The Bertz CT molecular complexity index is 487. The van der Waals surface area contributed by atoms with Crippen LogP contribution in [0.4, 0.5) is 5.69 Å². The number of likely N-dealkylation sites (tertiary alicyclic amines) is 1. The average Bonchev–Trinajstić information content (AvgIpc) is 2.81. The van der Waals surface area contributed by atoms with Gasteiger partial charge in [-0.2, -0.15) is 5.10 Å². The van der Waals surface area contributed by atoms with E-state index in [2.05, 4.69) is 5.10 Å². The maximum absolute atomic E-state index is 12.1. The predicted octanol–water partition coefficient (Wildman–Crippen LogP) is 0.163. The minimum Gasteiger partial charge on any atom is -0.391 e. The van der Waals surface area contributed by atoms with Gasteiger partial charge in [0.2, 0.25) is 5.91 Å². The van der Waals surface area contributed by atoms with Gasteiger partial charge in [-0.15, -0.1) is 0 Å². The van der Waals surface area contributed by atoms with Crippen LogP contribution < -0.4 is 0 Å². The van der Waals surface area contributed by atoms with E-state index >= 15 is 0 Å². The zero-order valence-corrected chi connectivity index (χ0v) is 10.6. The van der Waals surface area contributed by atoms with Gasteiger partial charge in [-0.1, -0.05) is 0 Å². The van der Waals surface area contributed by atoms with E-state index in [-0.39, 0.29) is 24.2 Å². The van der Waals surface area contributed by atoms with Crippen molar-refractivity contribution in [1.82, 2.24) is 14.7 Å². The topological polar surface area (TPSA) is 102 Å². The first-order chi connectivity index (χ1) is 8.99. The van der Waals surface area contributed by atoms with E-state index in [4.69, 9.17) is 0 Å². The first kappa shape index (κ1) is 13.5. The second kappa shape index (κ2) is 5.35. The van der Waals surface area contributed by atoms with Gasteiger partial charge >= 0.3 is 5.69 Å². The molecule has 19 heavy (non-hydrogen) atoms. The van der Waals surface area contributed by atoms with Crippen molar-refractivity contribution in [2.24, 2.45) is 0 Å². The van der Waals surface area contributed by atoms with Gasteiger partial charge in [0.1, 0.15) is 18.9 Å². The van der Waals surface area contributed by atoms with E-state index in [9.17, 15) is 20.0 Å². The van der Waals surface area contributed by atoms with Gasteiger partial charge in [0.05, 0.1) is 17.1 Å². The normalized spacial score (nSPS) is 23.4. The van der Waals surface area contributed by atoms with Gasteiger partial charge in [-0.25, -0.2) is 0 Å². The Morgan fingerprint density at radius 2 is 2.42 bits per heavy atom. The predicted molar refractivity (Wildman–Crippen MR) is 65.3 cm³/mol. The van der Waals surface area contributed by atoms with Gasteiger partial charge in [-0.05, 0) is 19.8 Å². The monoisotopic (exact) mass is 268 g/mol. The van der Waals surface area contributed by atoms with Gasteiger partial charge in [0.25, 0.3) is 0 Å². The maximum atomic E-state index is 12.1. The zero-order chi connectivity index (χ0) is 14.0. The third-order valence-corrected chi connectivity index (χ3v) is 3.40. The number of aliphatic hydroxyl groups excluding tert-OH is 1. The largest absolute Gasteiger partial charge is 0.391 e. The van der Waals surface area contributed by atoms with Gasteiger partial charge in [0, 0.05) is 6.54 Å². The molecule has 1 saturated heterocycles. The van der Waals surface area contributed by atoms with Crippen LogP contribution in [-0.4, -0.2) is 49.3 Å². The molecule has 8 nitrogen and oxygen atoms in total. The first-order valence-electron chi connectivity index (χ1n) is 6.13. The Morgan fingerprint density at radius 3 is 3.05 bits per heavy atom. The number of aromatic nitrogens is 2. The molecule has 1 aromatic rings. The van der Waals surface area contributed by atoms with Crippen molar-refractivity contribution >= 4 is 11.6 Å². The Balaban J connectivity index is 2.01. The second-order valence-electron chi connectivity index (χ2n) is 4.69. The van der Waals surface area contributed by atoms with Crippen LogP contribution in [0.15, 0.2) is 12.4 Å². The minimum atomic E-state index is -0.554. The SMILES string of the molecule is C[C@H]1[C@@H](O)CCCN1C(=O)Cn1cc([N+](=O)[O-])cn1. The number of carbonyl (C=O) groups is 1. The lowest BCUT2D eigenvalue weighted by atomic mass is 10.0. The molecule has 1 aliphatic rings. The molecule has 0 radical (unpaired) electrons. The van der Waals surface area contributed by atoms with E-state index in [0.717, 1.165) is 12.6 Å². The fourth-order valence-corrected chi connectivity index (χ4v) is 2.24. The molecule has 104 valence electrons. The number of aliphatic hydroxyl groups is 1. The summed E-state index contributed by atoms with van der Waals surface area (Å²) in [7, 11) is 0. The van der Waals surface area contributed by atoms with Crippen molar-refractivity contribution in [1.29, 1.82) is 0 Å². The summed E-state index contributed by atoms with van der Waals surface area (Å²) >= 11 is 0. The Kier molecular flexibility index (Phi) is 3.79. The van der Waals surface area contributed by atoms with Gasteiger partial charge in [-0.3, -0.25) is 19.6 Å². The lowest BCUT2D eigenvalue weighted by molar-refractivity contribution is -0.385. The smallest absolute Gasteiger partial charge is 0.307 e. The molecule has 8 heteroatoms. The molecule has 0 aromatic carbocycles. The summed E-state index contributed by atoms with van der Waals surface area (Å²) in [4.78, 5) is 23.7. The molecular weight excluding hydrogens is 252 g/mol. The van der Waals surface area contributed by atoms with E-state index in [0.29, 0.717) is 13.0 Å². The Hall–Kier alpha value is -1.96. The van der Waals surface area contributed by atoms with Crippen LogP contribution >= 0.6 is 0 Å². The molecule has 1 amide bonds. The molecule has 0 saturated carbocycles. The molecule has 2 rings (SSSR count). The zero-order valence-electron chi connectivity index (χ0n) is 10.6. The van der Waals surface area contributed by atoms with Crippen LogP contribution in [0.1, 0.15) is 19.8 Å². The molecule has 1 aliphatic heterocycles. The molecule has 0 unspecified atom stereocenters. The molecule has 2 atom stereocenters. The number of amides is 1. The Labute approximate surface area is 109 Å². The van der Waals surface area contributed by atoms with Crippen LogP contribution in [0.5, 0.6) is 0 Å². The van der Waals surface area contributed by atoms with Gasteiger partial charge < -0.3 is 10.0 Å². The van der Waals surface area contributed by atoms with Crippen molar-refractivity contribution in [3.05, 3.63) is 22.5 Å². The number of carbonyl (C=O) groups excluding carboxylic acids is 1. The summed E-state index contributed by atoms with van der Waals surface area (Å²) in [6, 6.07) is -0.230. The summed E-state index contributed by atoms with van der Waals surface area (Å²) in [5.41, 5.74) is -0.139. The van der Waals surface area contributed by atoms with Crippen molar-refractivity contribution in [3.63, 3.8) is 0 Å². The maximum Gasteiger partial charge on any atom is 0.307 e. The summed E-state index contributed by atoms with van der Waals surface area (Å²) in [6.07, 6.45) is 3.28. The number of rotatable bonds is 3. The fraction of sp³-hybridized carbons (Fsp3) is 0.636. The molecule has 0 aliphatic carbocycles. The molecule has 0 spiro atoms. The van der Waals surface area contributed by atoms with Crippen LogP contribution in [0, 0.1) is 10.1 Å². The molecule has 0 bridgehead atoms. The standard InChI is InChI=1S/C11H16N4O4/c1-8-10(16)3-2-4-14(8)11(17)7-13-6-9(5-12-13)15(18)19/h5-6,8,10,16H,2-4,7H2,1H3/t8-,10-/m0/s1. The number of hydrogen-bond donors (Lipinski definition) is 1. The Morgan fingerprint density at radius 1 is 1.68 bits per heavy atom. The molecular formula is C11H16N4O4. The van der Waals surface area contributed by atoms with E-state index in [1.807, 2.05) is 0 Å². The van der Waals surface area contributed by atoms with Crippen molar-refractivity contribution in [2.75, 3.05) is 6.54 Å². The quantitative estimate of drug-likeness (QED) is 0.621. The lowest BCUT2D eigenvalue weighted by Gasteiger charge is -2.36. The number of nitro groups is 1. The highest BCUT2D eigenvalue weighted by Crippen LogP contribution is 2.18. The fourth-order valence-electron chi connectivity index (χ4n) is 2.24. The summed E-state index contributed by atoms with van der Waals surface area (Å²) in [6.45, 7) is 2.35. The molecule has 2 heterocycles. The number of hydrogen-bond acceptors (Lipinski definition) is 5. The molecule has 1 N–H and O–H groups in total. The van der Waals surface area contributed by atoms with Crippen LogP contribution in [0.3, 0.4) is 0 Å². The lowest BCUT2D eigenvalue weighted by Crippen LogP contribution is -2.50. The third kappa shape index (κ3) is 2.90. The highest BCUT2D eigenvalue weighted by Gasteiger charge is 2.29. The highest BCUT2D eigenvalue weighted by atomic mass is 16.6. The molecule has 1 aromatic heterocycles. The third-order valence-electron chi connectivity index (χ3n) is 3.40. The highest BCUT2D eigenvalue weighted by molar-refractivity contribution is 5.76. The van der Waals surface area contributed by atoms with Crippen molar-refractivity contribution in [3.8, 4) is 0 Å². The number of piperidine rings is 1.